The standard InChI is InChI=1S/C51H37N3/c1-51(2)42-23-13-11-21-39(42)45-37-19-9-10-20-38(37)46-41-31-36(33-17-7-4-8-18-33)29-30-44(41)54(49(46)47(45)51)50-52-43-24-14-12-22-40(43)48(53-50)35-27-25-34(26-28-35)32-15-5-3-6-16-32/h3-28,30-31,36H,29H2,1-2H3. The Morgan fingerprint density at radius 3 is 2.02 bits per heavy atom. The summed E-state index contributed by atoms with van der Waals surface area (Å²) in [5, 5.41) is 7.32. The Hall–Kier alpha value is -6.58. The summed E-state index contributed by atoms with van der Waals surface area (Å²) >= 11 is 0. The topological polar surface area (TPSA) is 30.7 Å². The molecule has 0 saturated heterocycles. The summed E-state index contributed by atoms with van der Waals surface area (Å²) in [5.74, 6) is 0.973. The zero-order valence-electron chi connectivity index (χ0n) is 30.3. The normalized spacial score (nSPS) is 15.4. The summed E-state index contributed by atoms with van der Waals surface area (Å²) in [7, 11) is 0. The van der Waals surface area contributed by atoms with Crippen LogP contribution >= 0.6 is 0 Å². The van der Waals surface area contributed by atoms with Crippen molar-refractivity contribution >= 4 is 44.7 Å². The van der Waals surface area contributed by atoms with E-state index in [0.29, 0.717) is 5.95 Å². The molecule has 3 nitrogen and oxygen atoms in total. The number of hydrogen-bond donors (Lipinski definition) is 0. The fourth-order valence-electron chi connectivity index (χ4n) is 9.41. The summed E-state index contributed by atoms with van der Waals surface area (Å²) in [5.41, 5.74) is 13.0. The van der Waals surface area contributed by atoms with Gasteiger partial charge in [-0.3, -0.25) is 4.57 Å². The van der Waals surface area contributed by atoms with Crippen LogP contribution in [0.15, 0.2) is 158 Å². The van der Waals surface area contributed by atoms with Gasteiger partial charge in [0.15, 0.2) is 0 Å². The highest BCUT2D eigenvalue weighted by atomic mass is 15.2. The van der Waals surface area contributed by atoms with Gasteiger partial charge < -0.3 is 0 Å². The molecule has 54 heavy (non-hydrogen) atoms. The highest BCUT2D eigenvalue weighted by molar-refractivity contribution is 6.18. The average molecular weight is 692 g/mol. The van der Waals surface area contributed by atoms with E-state index in [2.05, 4.69) is 188 Å². The van der Waals surface area contributed by atoms with E-state index in [1.807, 2.05) is 0 Å². The number of rotatable bonds is 4. The molecule has 0 bridgehead atoms. The van der Waals surface area contributed by atoms with Crippen LogP contribution in [0.3, 0.4) is 0 Å². The van der Waals surface area contributed by atoms with Crippen molar-refractivity contribution in [1.82, 2.24) is 14.5 Å². The predicted octanol–water partition coefficient (Wildman–Crippen LogP) is 11.1. The van der Waals surface area contributed by atoms with Gasteiger partial charge in [-0.05, 0) is 62.2 Å². The minimum atomic E-state index is -0.251. The highest BCUT2D eigenvalue weighted by Gasteiger charge is 2.40. The summed E-state index contributed by atoms with van der Waals surface area (Å²) < 4.78 is 2.41. The maximum atomic E-state index is 5.57. The molecule has 0 spiro atoms. The highest BCUT2D eigenvalue weighted by Crippen LogP contribution is 2.54. The first-order valence-corrected chi connectivity index (χ1v) is 19.0. The minimum absolute atomic E-state index is 0.251. The Morgan fingerprint density at radius 1 is 0.593 bits per heavy atom. The van der Waals surface area contributed by atoms with Gasteiger partial charge in [-0.1, -0.05) is 178 Å². The molecule has 0 radical (unpaired) electrons. The molecule has 9 aromatic rings. The first-order chi connectivity index (χ1) is 26.6. The molecule has 3 heteroatoms. The van der Waals surface area contributed by atoms with Gasteiger partial charge in [-0.25, -0.2) is 9.97 Å². The van der Waals surface area contributed by atoms with E-state index < -0.39 is 0 Å². The van der Waals surface area contributed by atoms with Crippen LogP contribution in [0.25, 0.3) is 84.2 Å². The van der Waals surface area contributed by atoms with Gasteiger partial charge in [-0.2, -0.15) is 0 Å². The van der Waals surface area contributed by atoms with Crippen LogP contribution in [0.2, 0.25) is 0 Å². The van der Waals surface area contributed by atoms with Gasteiger partial charge in [0.1, 0.15) is 0 Å². The van der Waals surface area contributed by atoms with Crippen LogP contribution in [0.5, 0.6) is 0 Å². The molecular formula is C51H37N3. The molecule has 11 rings (SSSR count). The first kappa shape index (κ1) is 31.0. The number of fused-ring (bicyclic) bond motifs is 11. The third kappa shape index (κ3) is 4.48. The molecule has 2 aliphatic carbocycles. The van der Waals surface area contributed by atoms with E-state index in [4.69, 9.17) is 9.97 Å². The molecule has 2 aromatic heterocycles. The van der Waals surface area contributed by atoms with Crippen LogP contribution in [0.4, 0.5) is 0 Å². The quantitative estimate of drug-likeness (QED) is 0.184. The Bertz CT molecular complexity index is 3080. The van der Waals surface area contributed by atoms with Crippen LogP contribution in [-0.4, -0.2) is 14.5 Å². The number of aromatic nitrogens is 3. The third-order valence-electron chi connectivity index (χ3n) is 11.9. The molecule has 7 aromatic carbocycles. The molecule has 0 aliphatic heterocycles. The SMILES string of the molecule is CC1(C)c2ccccc2-c2c1c1c(c3c(n1-c1nc(-c4ccc(-c5ccccc5)cc4)c4ccccc4n1)=CCC(c1ccccc1)C=3)c1ccccc21. The second-order valence-corrected chi connectivity index (χ2v) is 15.3. The van der Waals surface area contributed by atoms with E-state index in [0.717, 1.165) is 28.6 Å². The van der Waals surface area contributed by atoms with Crippen LogP contribution in [-0.2, 0) is 5.41 Å². The second kappa shape index (κ2) is 11.7. The lowest BCUT2D eigenvalue weighted by atomic mass is 9.80. The van der Waals surface area contributed by atoms with Crippen molar-refractivity contribution in [3.8, 4) is 39.5 Å². The molecule has 0 saturated carbocycles. The largest absolute Gasteiger partial charge is 0.278 e. The van der Waals surface area contributed by atoms with Gasteiger partial charge in [0, 0.05) is 32.9 Å². The number of nitrogens with zero attached hydrogens (tertiary/aromatic N) is 3. The van der Waals surface area contributed by atoms with Crippen molar-refractivity contribution in [3.05, 3.63) is 185 Å². The molecule has 1 unspecified atom stereocenters. The van der Waals surface area contributed by atoms with Crippen LogP contribution in [0, 0.1) is 0 Å². The summed E-state index contributed by atoms with van der Waals surface area (Å²) in [6.45, 7) is 4.78. The lowest BCUT2D eigenvalue weighted by Gasteiger charge is -2.24. The van der Waals surface area contributed by atoms with Gasteiger partial charge in [0.25, 0.3) is 0 Å². The molecule has 0 amide bonds. The van der Waals surface area contributed by atoms with Crippen molar-refractivity contribution in [2.24, 2.45) is 0 Å². The molecule has 2 aliphatic rings. The zero-order chi connectivity index (χ0) is 36.0. The predicted molar refractivity (Wildman–Crippen MR) is 224 cm³/mol. The van der Waals surface area contributed by atoms with Crippen molar-refractivity contribution in [2.45, 2.75) is 31.6 Å². The Labute approximate surface area is 314 Å². The Morgan fingerprint density at radius 2 is 1.22 bits per heavy atom. The van der Waals surface area contributed by atoms with Gasteiger partial charge in [0.2, 0.25) is 5.95 Å². The minimum Gasteiger partial charge on any atom is -0.278 e. The molecule has 0 fully saturated rings. The molecular weight excluding hydrogens is 655 g/mol. The van der Waals surface area contributed by atoms with Gasteiger partial charge in [0.05, 0.1) is 22.1 Å². The van der Waals surface area contributed by atoms with E-state index in [9.17, 15) is 0 Å². The van der Waals surface area contributed by atoms with Crippen molar-refractivity contribution in [3.63, 3.8) is 0 Å². The van der Waals surface area contributed by atoms with Gasteiger partial charge >= 0.3 is 0 Å². The first-order valence-electron chi connectivity index (χ1n) is 19.0. The lowest BCUT2D eigenvalue weighted by Crippen LogP contribution is -2.32. The van der Waals surface area contributed by atoms with Gasteiger partial charge in [-0.15, -0.1) is 0 Å². The molecule has 1 atom stereocenters. The average Bonchev–Trinajstić information content (AvgIpc) is 3.70. The lowest BCUT2D eigenvalue weighted by molar-refractivity contribution is 0.663. The van der Waals surface area contributed by atoms with Crippen molar-refractivity contribution in [2.75, 3.05) is 0 Å². The maximum absolute atomic E-state index is 5.57. The van der Waals surface area contributed by atoms with Crippen LogP contribution < -0.4 is 10.6 Å². The number of benzene rings is 7. The van der Waals surface area contributed by atoms with E-state index in [1.165, 1.54) is 71.2 Å². The fraction of sp³-hybridized carbons (Fsp3) is 0.0980. The van der Waals surface area contributed by atoms with Crippen molar-refractivity contribution in [1.29, 1.82) is 0 Å². The fourth-order valence-corrected chi connectivity index (χ4v) is 9.41. The Kier molecular flexibility index (Phi) is 6.72. The number of hydrogen-bond acceptors (Lipinski definition) is 2. The van der Waals surface area contributed by atoms with E-state index in [1.54, 1.807) is 0 Å². The van der Waals surface area contributed by atoms with E-state index >= 15 is 0 Å². The molecule has 2 heterocycles. The zero-order valence-corrected chi connectivity index (χ0v) is 30.3. The Balaban J connectivity index is 1.26. The van der Waals surface area contributed by atoms with Crippen molar-refractivity contribution < 1.29 is 0 Å². The molecule has 0 N–H and O–H groups in total. The van der Waals surface area contributed by atoms with E-state index in [-0.39, 0.29) is 11.3 Å². The maximum Gasteiger partial charge on any atom is 0.235 e. The molecule has 256 valence electrons. The smallest absolute Gasteiger partial charge is 0.235 e. The van der Waals surface area contributed by atoms with Crippen LogP contribution in [0.1, 0.15) is 42.9 Å². The second-order valence-electron chi connectivity index (χ2n) is 15.3. The monoisotopic (exact) mass is 691 g/mol. The summed E-state index contributed by atoms with van der Waals surface area (Å²) in [4.78, 5) is 11.0. The third-order valence-corrected chi connectivity index (χ3v) is 11.9. The summed E-state index contributed by atoms with van der Waals surface area (Å²) in [6, 6.07) is 56.8. The summed E-state index contributed by atoms with van der Waals surface area (Å²) in [6.07, 6.45) is 5.86. The number of para-hydroxylation sites is 1.